The molecule has 0 atom stereocenters. The van der Waals surface area contributed by atoms with Gasteiger partial charge in [0.2, 0.25) is 0 Å². The van der Waals surface area contributed by atoms with E-state index in [1.807, 2.05) is 25.1 Å². The van der Waals surface area contributed by atoms with Crippen molar-refractivity contribution in [2.45, 2.75) is 13.0 Å². The number of allylic oxidation sites excluding steroid dienone is 1. The quantitative estimate of drug-likeness (QED) is 0.266. The zero-order valence-electron chi connectivity index (χ0n) is 21.5. The maximum atomic E-state index is 11.4. The van der Waals surface area contributed by atoms with Gasteiger partial charge in [-0.3, -0.25) is 9.80 Å². The minimum atomic E-state index is -0.365. The first-order valence-corrected chi connectivity index (χ1v) is 13.1. The van der Waals surface area contributed by atoms with E-state index < -0.39 is 0 Å². The van der Waals surface area contributed by atoms with Crippen LogP contribution in [0.4, 0.5) is 0 Å². The van der Waals surface area contributed by atoms with Gasteiger partial charge in [0.05, 0.1) is 12.6 Å². The molecule has 5 nitrogen and oxygen atoms in total. The predicted molar refractivity (Wildman–Crippen MR) is 151 cm³/mol. The van der Waals surface area contributed by atoms with Crippen LogP contribution in [0.25, 0.3) is 22.1 Å². The monoisotopic (exact) mass is 502 g/mol. The fraction of sp³-hybridized carbons (Fsp3) is 0.242. The summed E-state index contributed by atoms with van der Waals surface area (Å²) in [7, 11) is 0. The first kappa shape index (κ1) is 24.2. The van der Waals surface area contributed by atoms with E-state index >= 15 is 0 Å². The molecule has 1 aromatic heterocycles. The van der Waals surface area contributed by atoms with E-state index in [-0.39, 0.29) is 5.63 Å². The maximum Gasteiger partial charge on any atom is 0.336 e. The van der Waals surface area contributed by atoms with Crippen LogP contribution >= 0.6 is 0 Å². The van der Waals surface area contributed by atoms with Gasteiger partial charge >= 0.3 is 5.63 Å². The molecule has 4 aromatic rings. The van der Waals surface area contributed by atoms with Gasteiger partial charge in [-0.1, -0.05) is 60.4 Å². The van der Waals surface area contributed by atoms with Crippen LogP contribution in [0.5, 0.6) is 5.75 Å². The maximum absolute atomic E-state index is 11.4. The van der Waals surface area contributed by atoms with Crippen LogP contribution < -0.4 is 10.4 Å². The van der Waals surface area contributed by atoms with Gasteiger partial charge in [0.1, 0.15) is 17.9 Å². The number of nitrogens with zero attached hydrogens (tertiary/aromatic N) is 2. The molecular formula is C33H30N2O3. The van der Waals surface area contributed by atoms with Crippen molar-refractivity contribution >= 4 is 11.0 Å². The summed E-state index contributed by atoms with van der Waals surface area (Å²) in [5.74, 6) is 7.26. The van der Waals surface area contributed by atoms with Gasteiger partial charge in [0, 0.05) is 43.7 Å². The molecule has 0 amide bonds. The van der Waals surface area contributed by atoms with E-state index in [0.29, 0.717) is 24.0 Å². The SMILES string of the molecule is C/C(C#CCN1CCN(C2c3ccccc3-c3ccccc32)CC1)=C\COc1ccc2ccc(=O)oc2c1. The van der Waals surface area contributed by atoms with Gasteiger partial charge in [-0.05, 0) is 59.0 Å². The molecule has 1 fully saturated rings. The largest absolute Gasteiger partial charge is 0.489 e. The number of fused-ring (bicyclic) bond motifs is 4. The summed E-state index contributed by atoms with van der Waals surface area (Å²) < 4.78 is 11.0. The molecule has 1 aliphatic heterocycles. The molecule has 190 valence electrons. The number of piperazine rings is 1. The third kappa shape index (κ3) is 5.02. The summed E-state index contributed by atoms with van der Waals surface area (Å²) in [6, 6.07) is 26.7. The zero-order valence-corrected chi connectivity index (χ0v) is 21.5. The number of benzene rings is 3. The predicted octanol–water partition coefficient (Wildman–Crippen LogP) is 5.51. The second-order valence-electron chi connectivity index (χ2n) is 9.84. The molecule has 38 heavy (non-hydrogen) atoms. The molecule has 0 spiro atoms. The minimum absolute atomic E-state index is 0.347. The van der Waals surface area contributed by atoms with Crippen molar-refractivity contribution in [3.05, 3.63) is 112 Å². The number of ether oxygens (including phenoxy) is 1. The smallest absolute Gasteiger partial charge is 0.336 e. The Balaban J connectivity index is 1.01. The van der Waals surface area contributed by atoms with Crippen molar-refractivity contribution in [3.8, 4) is 28.7 Å². The van der Waals surface area contributed by atoms with Crippen molar-refractivity contribution < 1.29 is 9.15 Å². The van der Waals surface area contributed by atoms with E-state index in [4.69, 9.17) is 9.15 Å². The average molecular weight is 503 g/mol. The average Bonchev–Trinajstić information content (AvgIpc) is 3.28. The van der Waals surface area contributed by atoms with Gasteiger partial charge in [0.25, 0.3) is 0 Å². The summed E-state index contributed by atoms with van der Waals surface area (Å²) in [6.45, 7) is 7.27. The minimum Gasteiger partial charge on any atom is -0.489 e. The van der Waals surface area contributed by atoms with Crippen molar-refractivity contribution in [3.63, 3.8) is 0 Å². The molecule has 1 saturated heterocycles. The first-order valence-electron chi connectivity index (χ1n) is 13.1. The van der Waals surface area contributed by atoms with Crippen molar-refractivity contribution in [2.75, 3.05) is 39.3 Å². The Morgan fingerprint density at radius 2 is 1.63 bits per heavy atom. The lowest BCUT2D eigenvalue weighted by atomic mass is 10.0. The van der Waals surface area contributed by atoms with Crippen molar-refractivity contribution in [1.29, 1.82) is 0 Å². The van der Waals surface area contributed by atoms with Crippen LogP contribution in [0.2, 0.25) is 0 Å². The summed E-state index contributed by atoms with van der Waals surface area (Å²) in [5.41, 5.74) is 6.75. The van der Waals surface area contributed by atoms with Crippen LogP contribution in [-0.2, 0) is 0 Å². The molecule has 2 aliphatic rings. The Labute approximate surface area is 223 Å². The van der Waals surface area contributed by atoms with E-state index in [2.05, 4.69) is 70.2 Å². The van der Waals surface area contributed by atoms with Gasteiger partial charge in [-0.2, -0.15) is 0 Å². The standard InChI is InChI=1S/C33H30N2O3/c1-24(16-22-37-26-14-12-25-13-15-32(36)38-31(25)23-26)7-6-17-34-18-20-35(21-19-34)33-29-10-4-2-8-27(29)28-9-3-5-11-30(28)33/h2-5,8-16,23,33H,17-22H2,1H3/b24-16+. The molecule has 2 heterocycles. The number of hydrogen-bond donors (Lipinski definition) is 0. The number of rotatable bonds is 5. The molecular weight excluding hydrogens is 472 g/mol. The van der Waals surface area contributed by atoms with Crippen molar-refractivity contribution in [1.82, 2.24) is 9.80 Å². The van der Waals surface area contributed by atoms with Crippen LogP contribution in [0.3, 0.4) is 0 Å². The lowest BCUT2D eigenvalue weighted by Gasteiger charge is -2.38. The molecule has 0 saturated carbocycles. The highest BCUT2D eigenvalue weighted by Gasteiger charge is 2.33. The molecule has 6 rings (SSSR count). The molecule has 1 aliphatic carbocycles. The Hall–Kier alpha value is -4.11. The Kier molecular flexibility index (Phi) is 6.83. The van der Waals surface area contributed by atoms with Gasteiger partial charge in [0.15, 0.2) is 0 Å². The van der Waals surface area contributed by atoms with Gasteiger partial charge < -0.3 is 9.15 Å². The normalized spacial score (nSPS) is 16.1. The van der Waals surface area contributed by atoms with E-state index in [1.54, 1.807) is 12.1 Å². The molecule has 0 N–H and O–H groups in total. The lowest BCUT2D eigenvalue weighted by molar-refractivity contribution is 0.120. The summed E-state index contributed by atoms with van der Waals surface area (Å²) in [5, 5.41) is 0.869. The van der Waals surface area contributed by atoms with Crippen LogP contribution in [0.15, 0.2) is 99.7 Å². The van der Waals surface area contributed by atoms with Crippen LogP contribution in [-0.4, -0.2) is 49.1 Å². The van der Waals surface area contributed by atoms with Crippen LogP contribution in [0, 0.1) is 11.8 Å². The van der Waals surface area contributed by atoms with E-state index in [1.165, 1.54) is 28.3 Å². The second-order valence-corrected chi connectivity index (χ2v) is 9.84. The highest BCUT2D eigenvalue weighted by molar-refractivity contribution is 5.79. The summed E-state index contributed by atoms with van der Waals surface area (Å²) in [4.78, 5) is 16.5. The highest BCUT2D eigenvalue weighted by Crippen LogP contribution is 2.46. The fourth-order valence-electron chi connectivity index (χ4n) is 5.44. The topological polar surface area (TPSA) is 45.9 Å². The zero-order chi connectivity index (χ0) is 25.9. The Bertz CT molecular complexity index is 1570. The molecule has 0 unspecified atom stereocenters. The van der Waals surface area contributed by atoms with Gasteiger partial charge in [-0.15, -0.1) is 0 Å². The second kappa shape index (κ2) is 10.7. The molecule has 5 heteroatoms. The molecule has 0 radical (unpaired) electrons. The lowest BCUT2D eigenvalue weighted by Crippen LogP contribution is -2.47. The Morgan fingerprint density at radius 3 is 2.37 bits per heavy atom. The summed E-state index contributed by atoms with van der Waals surface area (Å²) >= 11 is 0. The molecule has 0 bridgehead atoms. The molecule has 3 aromatic carbocycles. The third-order valence-electron chi connectivity index (χ3n) is 7.40. The third-order valence-corrected chi connectivity index (χ3v) is 7.40. The van der Waals surface area contributed by atoms with Gasteiger partial charge in [-0.25, -0.2) is 4.79 Å². The van der Waals surface area contributed by atoms with Crippen molar-refractivity contribution in [2.24, 2.45) is 0 Å². The van der Waals surface area contributed by atoms with E-state index in [9.17, 15) is 4.79 Å². The van der Waals surface area contributed by atoms with E-state index in [0.717, 1.165) is 43.7 Å². The first-order chi connectivity index (χ1) is 18.7. The fourth-order valence-corrected chi connectivity index (χ4v) is 5.44. The van der Waals surface area contributed by atoms with Crippen LogP contribution in [0.1, 0.15) is 24.1 Å². The summed E-state index contributed by atoms with van der Waals surface area (Å²) in [6.07, 6.45) is 1.98. The Morgan fingerprint density at radius 1 is 0.947 bits per heavy atom. The highest BCUT2D eigenvalue weighted by atomic mass is 16.5. The number of hydrogen-bond acceptors (Lipinski definition) is 5.